The maximum absolute atomic E-state index is 5.93. The van der Waals surface area contributed by atoms with Crippen LogP contribution >= 0.6 is 22.9 Å². The number of hydrogen-bond donors (Lipinski definition) is 0. The van der Waals surface area contributed by atoms with Crippen molar-refractivity contribution in [1.82, 2.24) is 4.98 Å². The minimum atomic E-state index is -0.0348. The summed E-state index contributed by atoms with van der Waals surface area (Å²) in [6.07, 6.45) is 2.10. The van der Waals surface area contributed by atoms with Gasteiger partial charge in [0.15, 0.2) is 0 Å². The van der Waals surface area contributed by atoms with Crippen LogP contribution in [0.2, 0.25) is 5.02 Å². The summed E-state index contributed by atoms with van der Waals surface area (Å²) in [4.78, 5) is 4.82. The molecule has 2 heterocycles. The van der Waals surface area contributed by atoms with Gasteiger partial charge in [0.1, 0.15) is 5.01 Å². The van der Waals surface area contributed by atoms with Crippen LogP contribution in [0.3, 0.4) is 0 Å². The van der Waals surface area contributed by atoms with Crippen LogP contribution < -0.4 is 0 Å². The number of benzene rings is 1. The van der Waals surface area contributed by atoms with Gasteiger partial charge in [0.2, 0.25) is 0 Å². The van der Waals surface area contributed by atoms with Crippen LogP contribution in [0.15, 0.2) is 29.6 Å². The number of halogens is 1. The van der Waals surface area contributed by atoms with Crippen molar-refractivity contribution in [3.63, 3.8) is 0 Å². The molecule has 1 aromatic heterocycles. The molecule has 1 aromatic carbocycles. The van der Waals surface area contributed by atoms with E-state index in [-0.39, 0.29) is 5.60 Å². The predicted molar refractivity (Wildman–Crippen MR) is 84.6 cm³/mol. The Morgan fingerprint density at radius 1 is 1.30 bits per heavy atom. The van der Waals surface area contributed by atoms with Crippen LogP contribution in [0, 0.1) is 0 Å². The van der Waals surface area contributed by atoms with Gasteiger partial charge >= 0.3 is 0 Å². The maximum atomic E-state index is 5.93. The summed E-state index contributed by atoms with van der Waals surface area (Å²) in [5, 5.41) is 4.02. The first-order valence-corrected chi connectivity index (χ1v) is 8.15. The monoisotopic (exact) mass is 307 g/mol. The number of aromatic nitrogens is 1. The van der Waals surface area contributed by atoms with Crippen molar-refractivity contribution in [3.05, 3.63) is 40.4 Å². The van der Waals surface area contributed by atoms with Gasteiger partial charge in [-0.2, -0.15) is 0 Å². The van der Waals surface area contributed by atoms with E-state index in [4.69, 9.17) is 21.3 Å². The highest BCUT2D eigenvalue weighted by Crippen LogP contribution is 2.37. The Hall–Kier alpha value is -0.900. The third-order valence-corrected chi connectivity index (χ3v) is 4.89. The van der Waals surface area contributed by atoms with Crippen LogP contribution in [-0.2, 0) is 4.74 Å². The molecule has 2 nitrogen and oxygen atoms in total. The first-order valence-electron chi connectivity index (χ1n) is 6.89. The molecule has 0 amide bonds. The van der Waals surface area contributed by atoms with E-state index in [1.165, 1.54) is 5.69 Å². The van der Waals surface area contributed by atoms with E-state index in [2.05, 4.69) is 19.2 Å². The zero-order valence-corrected chi connectivity index (χ0v) is 13.3. The van der Waals surface area contributed by atoms with Crippen LogP contribution in [-0.4, -0.2) is 17.2 Å². The lowest BCUT2D eigenvalue weighted by Gasteiger charge is -2.34. The molecule has 0 radical (unpaired) electrons. The fourth-order valence-electron chi connectivity index (χ4n) is 2.68. The molecule has 20 heavy (non-hydrogen) atoms. The molecule has 1 fully saturated rings. The van der Waals surface area contributed by atoms with E-state index in [0.717, 1.165) is 35.0 Å². The fourth-order valence-corrected chi connectivity index (χ4v) is 3.72. The Bertz CT molecular complexity index is 591. The van der Waals surface area contributed by atoms with Crippen molar-refractivity contribution < 1.29 is 4.74 Å². The molecule has 2 aromatic rings. The van der Waals surface area contributed by atoms with Gasteiger partial charge in [0.05, 0.1) is 11.3 Å². The number of rotatable bonds is 2. The molecule has 1 atom stereocenters. The summed E-state index contributed by atoms with van der Waals surface area (Å²) < 4.78 is 5.78. The number of nitrogens with zero attached hydrogens (tertiary/aromatic N) is 1. The highest BCUT2D eigenvalue weighted by molar-refractivity contribution is 7.13. The smallest absolute Gasteiger partial charge is 0.123 e. The van der Waals surface area contributed by atoms with Crippen molar-refractivity contribution in [2.24, 2.45) is 0 Å². The van der Waals surface area contributed by atoms with Crippen molar-refractivity contribution in [2.45, 2.75) is 38.2 Å². The summed E-state index contributed by atoms with van der Waals surface area (Å²) in [5.41, 5.74) is 2.31. The van der Waals surface area contributed by atoms with Gasteiger partial charge in [0.25, 0.3) is 0 Å². The quantitative estimate of drug-likeness (QED) is 0.766. The molecule has 0 N–H and O–H groups in total. The highest BCUT2D eigenvalue weighted by Gasteiger charge is 2.30. The third kappa shape index (κ3) is 3.05. The predicted octanol–water partition coefficient (Wildman–Crippen LogP) is 5.14. The van der Waals surface area contributed by atoms with E-state index >= 15 is 0 Å². The zero-order valence-electron chi connectivity index (χ0n) is 11.7. The fraction of sp³-hybridized carbons (Fsp3) is 0.438. The largest absolute Gasteiger partial charge is 0.376 e. The molecule has 106 valence electrons. The normalized spacial score (nSPS) is 21.9. The highest BCUT2D eigenvalue weighted by atomic mass is 35.5. The van der Waals surface area contributed by atoms with Gasteiger partial charge in [0, 0.05) is 28.5 Å². The average molecular weight is 308 g/mol. The van der Waals surface area contributed by atoms with Crippen molar-refractivity contribution in [3.8, 4) is 10.6 Å². The Balaban J connectivity index is 1.81. The lowest BCUT2D eigenvalue weighted by molar-refractivity contribution is -0.0597. The minimum absolute atomic E-state index is 0.0348. The van der Waals surface area contributed by atoms with Crippen LogP contribution in [0.1, 0.15) is 38.3 Å². The summed E-state index contributed by atoms with van der Waals surface area (Å²) >= 11 is 7.63. The molecule has 0 saturated carbocycles. The molecule has 0 spiro atoms. The molecule has 0 bridgehead atoms. The van der Waals surface area contributed by atoms with E-state index in [0.29, 0.717) is 5.92 Å². The Labute approximate surface area is 128 Å². The first kappa shape index (κ1) is 14.1. The SMILES string of the molecule is CC1(C)CC(c2csc(-c3ccc(Cl)cc3)n2)CCO1. The van der Waals surface area contributed by atoms with Gasteiger partial charge in [-0.25, -0.2) is 4.98 Å². The molecule has 0 aliphatic carbocycles. The van der Waals surface area contributed by atoms with Crippen LogP contribution in [0.4, 0.5) is 0 Å². The van der Waals surface area contributed by atoms with Gasteiger partial charge < -0.3 is 4.74 Å². The standard InChI is InChI=1S/C16H18ClNOS/c1-16(2)9-12(7-8-19-16)14-10-20-15(18-14)11-3-5-13(17)6-4-11/h3-6,10,12H,7-9H2,1-2H3. The molecular weight excluding hydrogens is 290 g/mol. The summed E-state index contributed by atoms with van der Waals surface area (Å²) in [6.45, 7) is 5.14. The second-order valence-corrected chi connectivity index (χ2v) is 7.18. The second-order valence-electron chi connectivity index (χ2n) is 5.88. The zero-order chi connectivity index (χ0) is 14.2. The first-order chi connectivity index (χ1) is 9.53. The molecule has 1 saturated heterocycles. The molecule has 1 aliphatic rings. The second kappa shape index (κ2) is 5.47. The molecule has 1 unspecified atom stereocenters. The number of hydrogen-bond acceptors (Lipinski definition) is 3. The van der Waals surface area contributed by atoms with Gasteiger partial charge in [-0.15, -0.1) is 11.3 Å². The third-order valence-electron chi connectivity index (χ3n) is 3.73. The van der Waals surface area contributed by atoms with E-state index in [9.17, 15) is 0 Å². The van der Waals surface area contributed by atoms with Gasteiger partial charge in [-0.3, -0.25) is 0 Å². The van der Waals surface area contributed by atoms with Crippen LogP contribution in [0.25, 0.3) is 10.6 Å². The average Bonchev–Trinajstić information content (AvgIpc) is 2.88. The van der Waals surface area contributed by atoms with Gasteiger partial charge in [-0.05, 0) is 38.8 Å². The Morgan fingerprint density at radius 2 is 2.05 bits per heavy atom. The van der Waals surface area contributed by atoms with Crippen molar-refractivity contribution >= 4 is 22.9 Å². The number of thiazole rings is 1. The Morgan fingerprint density at radius 3 is 2.75 bits per heavy atom. The summed E-state index contributed by atoms with van der Waals surface area (Å²) in [6, 6.07) is 7.88. The van der Waals surface area contributed by atoms with Gasteiger partial charge in [-0.1, -0.05) is 23.7 Å². The summed E-state index contributed by atoms with van der Waals surface area (Å²) in [7, 11) is 0. The number of ether oxygens (including phenoxy) is 1. The van der Waals surface area contributed by atoms with E-state index in [1.807, 2.05) is 24.3 Å². The van der Waals surface area contributed by atoms with Crippen molar-refractivity contribution in [2.75, 3.05) is 6.61 Å². The molecule has 3 rings (SSSR count). The summed E-state index contributed by atoms with van der Waals surface area (Å²) in [5.74, 6) is 0.510. The topological polar surface area (TPSA) is 22.1 Å². The van der Waals surface area contributed by atoms with Crippen molar-refractivity contribution in [1.29, 1.82) is 0 Å². The van der Waals surface area contributed by atoms with Crippen LogP contribution in [0.5, 0.6) is 0 Å². The Kier molecular flexibility index (Phi) is 3.85. The minimum Gasteiger partial charge on any atom is -0.376 e. The van der Waals surface area contributed by atoms with E-state index < -0.39 is 0 Å². The molecule has 1 aliphatic heterocycles. The molecular formula is C16H18ClNOS. The lowest BCUT2D eigenvalue weighted by atomic mass is 9.87. The van der Waals surface area contributed by atoms with E-state index in [1.54, 1.807) is 11.3 Å². The lowest BCUT2D eigenvalue weighted by Crippen LogP contribution is -2.33. The molecule has 4 heteroatoms. The maximum Gasteiger partial charge on any atom is 0.123 e.